The Morgan fingerprint density at radius 3 is 2.70 bits per heavy atom. The number of hydrogen-bond acceptors (Lipinski definition) is 5. The average Bonchev–Trinajstić information content (AvgIpc) is 3.45. The van der Waals surface area contributed by atoms with Crippen LogP contribution in [0.2, 0.25) is 0 Å². The molecule has 1 amide bonds. The molecular weight excluding hydrogens is 380 g/mol. The predicted octanol–water partition coefficient (Wildman–Crippen LogP) is 4.22. The highest BCUT2D eigenvalue weighted by Crippen LogP contribution is 2.29. The van der Waals surface area contributed by atoms with E-state index < -0.39 is 0 Å². The molecule has 7 heteroatoms. The lowest BCUT2D eigenvalue weighted by Crippen LogP contribution is -2.28. The maximum atomic E-state index is 12.8. The van der Waals surface area contributed by atoms with Gasteiger partial charge in [0.1, 0.15) is 12.4 Å². The highest BCUT2D eigenvalue weighted by Gasteiger charge is 2.24. The van der Waals surface area contributed by atoms with Crippen molar-refractivity contribution in [1.82, 2.24) is 9.38 Å². The third-order valence-corrected chi connectivity index (χ3v) is 4.83. The Hall–Kier alpha value is -4.05. The molecule has 0 spiro atoms. The van der Waals surface area contributed by atoms with E-state index in [4.69, 9.17) is 19.4 Å². The van der Waals surface area contributed by atoms with Crippen LogP contribution in [0.4, 0.5) is 5.82 Å². The number of carbonyl (C=O) groups is 1. The van der Waals surface area contributed by atoms with Crippen LogP contribution in [-0.4, -0.2) is 22.3 Å². The Balaban J connectivity index is 1.66. The standard InChI is InChI=1S/C23H20N4O3/c1-3-18-22(26(2)23(28)20-7-5-13-29-20)27-12-4-6-19(21(27)25-18)30-15-17-10-8-16(14-24)9-11-17/h4-13H,3,15H2,1-2H3. The molecule has 4 aromatic rings. The van der Waals surface area contributed by atoms with E-state index in [-0.39, 0.29) is 11.7 Å². The minimum atomic E-state index is -0.250. The molecule has 3 aromatic heterocycles. The molecular formula is C23H20N4O3. The number of nitrogens with zero attached hydrogens (tertiary/aromatic N) is 4. The second-order valence-corrected chi connectivity index (χ2v) is 6.74. The fourth-order valence-electron chi connectivity index (χ4n) is 3.28. The van der Waals surface area contributed by atoms with Crippen LogP contribution >= 0.6 is 0 Å². The molecule has 0 aliphatic heterocycles. The van der Waals surface area contributed by atoms with Gasteiger partial charge in [-0.3, -0.25) is 14.1 Å². The number of aromatic nitrogens is 2. The van der Waals surface area contributed by atoms with E-state index in [1.165, 1.54) is 6.26 Å². The highest BCUT2D eigenvalue weighted by atomic mass is 16.5. The first-order valence-electron chi connectivity index (χ1n) is 9.55. The number of pyridine rings is 1. The quantitative estimate of drug-likeness (QED) is 0.484. The summed E-state index contributed by atoms with van der Waals surface area (Å²) in [7, 11) is 1.71. The van der Waals surface area contributed by atoms with Gasteiger partial charge in [0.25, 0.3) is 5.91 Å². The van der Waals surface area contributed by atoms with Crippen molar-refractivity contribution in [3.8, 4) is 11.8 Å². The summed E-state index contributed by atoms with van der Waals surface area (Å²) in [5.74, 6) is 1.31. The van der Waals surface area contributed by atoms with Gasteiger partial charge >= 0.3 is 0 Å². The molecule has 0 fully saturated rings. The molecule has 0 radical (unpaired) electrons. The van der Waals surface area contributed by atoms with Crippen molar-refractivity contribution >= 4 is 17.4 Å². The van der Waals surface area contributed by atoms with Crippen molar-refractivity contribution in [2.45, 2.75) is 20.0 Å². The van der Waals surface area contributed by atoms with Gasteiger partial charge in [-0.2, -0.15) is 5.26 Å². The number of rotatable bonds is 6. The topological polar surface area (TPSA) is 83.8 Å². The number of imidazole rings is 1. The maximum Gasteiger partial charge on any atom is 0.294 e. The van der Waals surface area contributed by atoms with Crippen molar-refractivity contribution in [1.29, 1.82) is 5.26 Å². The van der Waals surface area contributed by atoms with Crippen LogP contribution in [0.1, 0.15) is 34.3 Å². The first-order chi connectivity index (χ1) is 14.6. The van der Waals surface area contributed by atoms with Gasteiger partial charge in [0.15, 0.2) is 17.2 Å². The Labute approximate surface area is 173 Å². The number of amides is 1. The first-order valence-corrected chi connectivity index (χ1v) is 9.55. The van der Waals surface area contributed by atoms with Crippen LogP contribution in [0.25, 0.3) is 5.65 Å². The van der Waals surface area contributed by atoms with Gasteiger partial charge in [0.05, 0.1) is 23.6 Å². The van der Waals surface area contributed by atoms with Gasteiger partial charge in [-0.25, -0.2) is 4.98 Å². The number of furan rings is 1. The minimum absolute atomic E-state index is 0.250. The summed E-state index contributed by atoms with van der Waals surface area (Å²) < 4.78 is 13.1. The highest BCUT2D eigenvalue weighted by molar-refractivity contribution is 6.03. The number of hydrogen-bond donors (Lipinski definition) is 0. The summed E-state index contributed by atoms with van der Waals surface area (Å²) in [5.41, 5.74) is 2.98. The third kappa shape index (κ3) is 3.51. The molecule has 1 aromatic carbocycles. The van der Waals surface area contributed by atoms with E-state index in [1.807, 2.05) is 41.8 Å². The second-order valence-electron chi connectivity index (χ2n) is 6.74. The zero-order valence-corrected chi connectivity index (χ0v) is 16.7. The number of benzene rings is 1. The predicted molar refractivity (Wildman–Crippen MR) is 112 cm³/mol. The van der Waals surface area contributed by atoms with E-state index in [1.54, 1.807) is 36.2 Å². The molecule has 0 aliphatic rings. The summed E-state index contributed by atoms with van der Waals surface area (Å²) in [6, 6.07) is 16.4. The van der Waals surface area contributed by atoms with Crippen LogP contribution < -0.4 is 9.64 Å². The van der Waals surface area contributed by atoms with Crippen LogP contribution in [-0.2, 0) is 13.0 Å². The van der Waals surface area contributed by atoms with E-state index >= 15 is 0 Å². The average molecular weight is 400 g/mol. The monoisotopic (exact) mass is 400 g/mol. The fourth-order valence-corrected chi connectivity index (χ4v) is 3.28. The molecule has 0 saturated carbocycles. The van der Waals surface area contributed by atoms with Crippen molar-refractivity contribution in [3.05, 3.63) is 83.6 Å². The lowest BCUT2D eigenvalue weighted by atomic mass is 10.2. The molecule has 0 N–H and O–H groups in total. The minimum Gasteiger partial charge on any atom is -0.485 e. The lowest BCUT2D eigenvalue weighted by molar-refractivity contribution is 0.0965. The van der Waals surface area contributed by atoms with Gasteiger partial charge in [-0.1, -0.05) is 19.1 Å². The van der Waals surface area contributed by atoms with Crippen molar-refractivity contribution in [3.63, 3.8) is 0 Å². The van der Waals surface area contributed by atoms with Gasteiger partial charge in [-0.15, -0.1) is 0 Å². The molecule has 0 unspecified atom stereocenters. The van der Waals surface area contributed by atoms with Crippen molar-refractivity contribution < 1.29 is 13.9 Å². The summed E-state index contributed by atoms with van der Waals surface area (Å²) in [6.07, 6.45) is 3.99. The zero-order valence-electron chi connectivity index (χ0n) is 16.7. The number of ether oxygens (including phenoxy) is 1. The number of fused-ring (bicyclic) bond motifs is 1. The Bertz CT molecular complexity index is 1220. The van der Waals surface area contributed by atoms with E-state index in [2.05, 4.69) is 6.07 Å². The van der Waals surface area contributed by atoms with Crippen molar-refractivity contribution in [2.75, 3.05) is 11.9 Å². The van der Waals surface area contributed by atoms with Gasteiger partial charge < -0.3 is 9.15 Å². The Morgan fingerprint density at radius 1 is 1.23 bits per heavy atom. The SMILES string of the molecule is CCc1nc2c(OCc3ccc(C#N)cc3)cccn2c1N(C)C(=O)c1ccco1. The van der Waals surface area contributed by atoms with E-state index in [0.29, 0.717) is 35.8 Å². The number of nitriles is 1. The number of aryl methyl sites for hydroxylation is 1. The number of anilines is 1. The molecule has 4 rings (SSSR count). The summed E-state index contributed by atoms with van der Waals surface area (Å²) in [6.45, 7) is 2.34. The van der Waals surface area contributed by atoms with Crippen LogP contribution in [0.3, 0.4) is 0 Å². The van der Waals surface area contributed by atoms with Crippen LogP contribution in [0.5, 0.6) is 5.75 Å². The Morgan fingerprint density at radius 2 is 2.03 bits per heavy atom. The van der Waals surface area contributed by atoms with E-state index in [9.17, 15) is 4.79 Å². The van der Waals surface area contributed by atoms with Gasteiger partial charge in [0.2, 0.25) is 0 Å². The smallest absolute Gasteiger partial charge is 0.294 e. The first kappa shape index (κ1) is 19.3. The fraction of sp³-hybridized carbons (Fsp3) is 0.174. The molecule has 0 saturated heterocycles. The third-order valence-electron chi connectivity index (χ3n) is 4.83. The summed E-state index contributed by atoms with van der Waals surface area (Å²) in [4.78, 5) is 19.1. The molecule has 7 nitrogen and oxygen atoms in total. The molecule has 0 aliphatic carbocycles. The van der Waals surface area contributed by atoms with Gasteiger partial charge in [-0.05, 0) is 48.4 Å². The molecule has 30 heavy (non-hydrogen) atoms. The molecule has 0 atom stereocenters. The van der Waals surface area contributed by atoms with Crippen LogP contribution in [0, 0.1) is 11.3 Å². The van der Waals surface area contributed by atoms with Crippen LogP contribution in [0.15, 0.2) is 65.4 Å². The van der Waals surface area contributed by atoms with E-state index in [0.717, 1.165) is 11.3 Å². The maximum absolute atomic E-state index is 12.8. The normalized spacial score (nSPS) is 10.7. The Kier molecular flexibility index (Phi) is 5.22. The summed E-state index contributed by atoms with van der Waals surface area (Å²) in [5, 5.41) is 8.92. The second kappa shape index (κ2) is 8.13. The molecule has 150 valence electrons. The largest absolute Gasteiger partial charge is 0.485 e. The molecule has 0 bridgehead atoms. The van der Waals surface area contributed by atoms with Crippen molar-refractivity contribution in [2.24, 2.45) is 0 Å². The number of carbonyl (C=O) groups excluding carboxylic acids is 1. The van der Waals surface area contributed by atoms with Gasteiger partial charge in [0, 0.05) is 13.2 Å². The summed E-state index contributed by atoms with van der Waals surface area (Å²) >= 11 is 0. The molecule has 3 heterocycles. The lowest BCUT2D eigenvalue weighted by Gasteiger charge is -2.17. The zero-order chi connectivity index (χ0) is 21.1.